The van der Waals surface area contributed by atoms with E-state index in [1.807, 2.05) is 57.3 Å². The molecule has 4 aromatic rings. The SMILES string of the molecule is [2H]C([2H])([2H])N1C(=O)c2cccc(C#C[Si](C(C)C)(C(C)C)C(C)C)c2[C@H]2C[C@@H]1c1nc3ccc(-c4ccc(C5(NS(=O)C(C)(C)C)CCC5)nc4)cc3n12. The highest BCUT2D eigenvalue weighted by Crippen LogP contribution is 2.49. The summed E-state index contributed by atoms with van der Waals surface area (Å²) < 4.78 is 43.8. The van der Waals surface area contributed by atoms with Crippen molar-refractivity contribution >= 4 is 36.0 Å². The highest BCUT2D eigenvalue weighted by Gasteiger charge is 2.46. The van der Waals surface area contributed by atoms with Crippen molar-refractivity contribution in [3.8, 4) is 22.6 Å². The first-order chi connectivity index (χ1) is 25.3. The largest absolute Gasteiger partial charge is 0.331 e. The van der Waals surface area contributed by atoms with Crippen molar-refractivity contribution in [3.05, 3.63) is 82.9 Å². The Hall–Kier alpha value is -3.58. The number of pyridine rings is 1. The van der Waals surface area contributed by atoms with Crippen LogP contribution in [0.3, 0.4) is 0 Å². The molecule has 2 bridgehead atoms. The molecule has 4 heterocycles. The first-order valence-electron chi connectivity index (χ1n) is 20.0. The highest BCUT2D eigenvalue weighted by molar-refractivity contribution is 7.84. The average molecular weight is 723 g/mol. The number of carbonyl (C=O) groups excluding carboxylic acids is 1. The Bertz CT molecular complexity index is 2190. The second kappa shape index (κ2) is 12.8. The second-order valence-electron chi connectivity index (χ2n) is 16.8. The Morgan fingerprint density at radius 2 is 1.71 bits per heavy atom. The van der Waals surface area contributed by atoms with Crippen LogP contribution in [0.2, 0.25) is 16.6 Å². The third-order valence-corrected chi connectivity index (χ3v) is 19.9. The normalized spacial score (nSPS) is 21.4. The number of aromatic nitrogens is 3. The molecule has 1 N–H and O–H groups in total. The summed E-state index contributed by atoms with van der Waals surface area (Å²) in [4.78, 5) is 25.3. The summed E-state index contributed by atoms with van der Waals surface area (Å²) in [5.41, 5.74) is 11.1. The number of nitrogens with one attached hydrogen (secondary N) is 1. The topological polar surface area (TPSA) is 80.1 Å². The van der Waals surface area contributed by atoms with Gasteiger partial charge < -0.3 is 9.47 Å². The lowest BCUT2D eigenvalue weighted by atomic mass is 9.75. The summed E-state index contributed by atoms with van der Waals surface area (Å²) in [6.45, 7) is 17.0. The number of carbonyl (C=O) groups is 1. The predicted octanol–water partition coefficient (Wildman–Crippen LogP) is 9.22. The van der Waals surface area contributed by atoms with Crippen LogP contribution in [-0.2, 0) is 16.5 Å². The van der Waals surface area contributed by atoms with E-state index in [1.54, 1.807) is 6.07 Å². The van der Waals surface area contributed by atoms with Crippen LogP contribution in [0.5, 0.6) is 0 Å². The molecule has 1 fully saturated rings. The molecule has 1 amide bonds. The van der Waals surface area contributed by atoms with Crippen LogP contribution in [-0.4, -0.2) is 49.3 Å². The zero-order chi connectivity index (χ0) is 39.1. The van der Waals surface area contributed by atoms with Crippen LogP contribution < -0.4 is 4.72 Å². The number of benzene rings is 2. The Balaban J connectivity index is 1.35. The van der Waals surface area contributed by atoms with Crippen LogP contribution in [0.25, 0.3) is 22.2 Å². The van der Waals surface area contributed by atoms with E-state index in [0.29, 0.717) is 34.4 Å². The van der Waals surface area contributed by atoms with Crippen molar-refractivity contribution in [2.24, 2.45) is 0 Å². The Morgan fingerprint density at radius 1 is 1.00 bits per heavy atom. The lowest BCUT2D eigenvalue weighted by molar-refractivity contribution is 0.0734. The van der Waals surface area contributed by atoms with Gasteiger partial charge in [-0.1, -0.05) is 65.7 Å². The molecule has 51 heavy (non-hydrogen) atoms. The fourth-order valence-corrected chi connectivity index (χ4v) is 15.1. The molecule has 1 unspecified atom stereocenters. The molecule has 268 valence electrons. The monoisotopic (exact) mass is 722 g/mol. The van der Waals surface area contributed by atoms with Gasteiger partial charge in [-0.15, -0.1) is 5.54 Å². The van der Waals surface area contributed by atoms with Crippen molar-refractivity contribution in [1.82, 2.24) is 24.2 Å². The Kier molecular flexibility index (Phi) is 8.07. The number of hydrogen-bond acceptors (Lipinski definition) is 4. The first-order valence-corrected chi connectivity index (χ1v) is 21.9. The van der Waals surface area contributed by atoms with E-state index in [0.717, 1.165) is 63.1 Å². The molecular formula is C42H53N5O2SSi. The summed E-state index contributed by atoms with van der Waals surface area (Å²) in [5, 5.41) is 0. The summed E-state index contributed by atoms with van der Waals surface area (Å²) in [7, 11) is -3.34. The van der Waals surface area contributed by atoms with E-state index in [1.165, 1.54) is 0 Å². The number of rotatable bonds is 7. The average Bonchev–Trinajstić information content (AvgIpc) is 3.58. The maximum atomic E-state index is 14.3. The molecule has 2 aromatic heterocycles. The minimum Gasteiger partial charge on any atom is -0.331 e. The molecule has 7 rings (SSSR count). The van der Waals surface area contributed by atoms with Crippen molar-refractivity contribution in [1.29, 1.82) is 0 Å². The minimum absolute atomic E-state index is 0.330. The van der Waals surface area contributed by atoms with Gasteiger partial charge in [-0.3, -0.25) is 9.78 Å². The van der Waals surface area contributed by atoms with E-state index in [9.17, 15) is 9.00 Å². The maximum Gasteiger partial charge on any atom is 0.254 e. The van der Waals surface area contributed by atoms with E-state index in [-0.39, 0.29) is 10.8 Å². The molecule has 0 spiro atoms. The van der Waals surface area contributed by atoms with Gasteiger partial charge in [0, 0.05) is 46.0 Å². The van der Waals surface area contributed by atoms with Gasteiger partial charge in [0.05, 0.1) is 50.1 Å². The summed E-state index contributed by atoms with van der Waals surface area (Å²) >= 11 is 0. The quantitative estimate of drug-likeness (QED) is 0.152. The predicted molar refractivity (Wildman–Crippen MR) is 211 cm³/mol. The second-order valence-corrected chi connectivity index (χ2v) is 24.3. The van der Waals surface area contributed by atoms with Gasteiger partial charge in [0.2, 0.25) is 0 Å². The van der Waals surface area contributed by atoms with Crippen molar-refractivity contribution in [2.75, 3.05) is 6.98 Å². The van der Waals surface area contributed by atoms with E-state index in [4.69, 9.17) is 14.1 Å². The van der Waals surface area contributed by atoms with Gasteiger partial charge in [0.1, 0.15) is 13.9 Å². The summed E-state index contributed by atoms with van der Waals surface area (Å²) in [6.07, 6.45) is 5.11. The lowest BCUT2D eigenvalue weighted by Crippen LogP contribution is -2.52. The van der Waals surface area contributed by atoms with Crippen LogP contribution in [0.15, 0.2) is 54.7 Å². The zero-order valence-electron chi connectivity index (χ0n) is 34.4. The van der Waals surface area contributed by atoms with Crippen LogP contribution >= 0.6 is 0 Å². The number of nitrogens with zero attached hydrogens (tertiary/aromatic N) is 4. The number of imidazole rings is 1. The number of fused-ring (bicyclic) bond motifs is 9. The number of amides is 1. The van der Waals surface area contributed by atoms with E-state index >= 15 is 0 Å². The maximum absolute atomic E-state index is 14.3. The third kappa shape index (κ3) is 5.73. The van der Waals surface area contributed by atoms with Crippen molar-refractivity contribution < 1.29 is 13.1 Å². The molecule has 7 nitrogen and oxygen atoms in total. The summed E-state index contributed by atoms with van der Waals surface area (Å²) in [6, 6.07) is 14.8. The lowest BCUT2D eigenvalue weighted by Gasteiger charge is -2.43. The van der Waals surface area contributed by atoms with Gasteiger partial charge in [0.25, 0.3) is 5.91 Å². The molecule has 9 heteroatoms. The van der Waals surface area contributed by atoms with Gasteiger partial charge in [0.15, 0.2) is 0 Å². The molecule has 2 aromatic carbocycles. The van der Waals surface area contributed by atoms with E-state index in [2.05, 4.69) is 74.4 Å². The smallest absolute Gasteiger partial charge is 0.254 e. The molecular weight excluding hydrogens is 667 g/mol. The van der Waals surface area contributed by atoms with Gasteiger partial charge >= 0.3 is 0 Å². The standard InChI is InChI=1S/C42H53N5O2SSi/c1-26(2)51(27(3)4,28(5)6)22-19-29-13-11-14-32-38(29)35-24-36(46(10)40(32)48)39-44-33-17-15-30(23-34(33)47(35)39)31-16-18-37(43-25-31)42(20-12-21-42)45-50(49)41(7,8)9/h11,13-18,23,25-28,35-36,45H,12,20-21,24H2,1-10H3/t35-,36-,50?/m1/s1/i10D3. The van der Waals surface area contributed by atoms with Gasteiger partial charge in [-0.25, -0.2) is 13.9 Å². The van der Waals surface area contributed by atoms with Crippen LogP contribution in [0, 0.1) is 11.5 Å². The Morgan fingerprint density at radius 3 is 2.29 bits per heavy atom. The molecule has 2 aliphatic heterocycles. The molecule has 3 atom stereocenters. The zero-order valence-corrected chi connectivity index (χ0v) is 33.2. The highest BCUT2D eigenvalue weighted by atomic mass is 32.2. The molecule has 0 radical (unpaired) electrons. The van der Waals surface area contributed by atoms with E-state index < -0.39 is 43.5 Å². The third-order valence-electron chi connectivity index (χ3n) is 11.9. The summed E-state index contributed by atoms with van der Waals surface area (Å²) in [5.74, 6) is 3.71. The fourth-order valence-electron chi connectivity index (χ4n) is 8.96. The van der Waals surface area contributed by atoms with Crippen molar-refractivity contribution in [2.45, 2.75) is 127 Å². The molecule has 1 aliphatic carbocycles. The molecule has 0 saturated heterocycles. The van der Waals surface area contributed by atoms with Crippen LogP contribution in [0.4, 0.5) is 0 Å². The Labute approximate surface area is 311 Å². The minimum atomic E-state index is -2.66. The van der Waals surface area contributed by atoms with Gasteiger partial charge in [-0.05, 0) is 92.6 Å². The fraction of sp³-hybridized carbons (Fsp3) is 0.500. The van der Waals surface area contributed by atoms with Crippen molar-refractivity contribution in [3.63, 3.8) is 0 Å². The molecule has 3 aliphatic rings. The van der Waals surface area contributed by atoms with Crippen LogP contribution in [0.1, 0.15) is 137 Å². The number of hydrogen-bond donors (Lipinski definition) is 1. The molecule has 1 saturated carbocycles. The first kappa shape index (κ1) is 32.1. The van der Waals surface area contributed by atoms with Gasteiger partial charge in [-0.2, -0.15) is 0 Å².